The van der Waals surface area contributed by atoms with Gasteiger partial charge in [-0.1, -0.05) is 6.07 Å². The highest BCUT2D eigenvalue weighted by molar-refractivity contribution is 6.08. The molecule has 0 bridgehead atoms. The number of rotatable bonds is 3. The van der Waals surface area contributed by atoms with Crippen molar-refractivity contribution in [1.29, 1.82) is 0 Å². The molecular weight excluding hydrogens is 283 g/mol. The fourth-order valence-corrected chi connectivity index (χ4v) is 2.56. The third-order valence-corrected chi connectivity index (χ3v) is 3.62. The van der Waals surface area contributed by atoms with Gasteiger partial charge in [0.2, 0.25) is 0 Å². The van der Waals surface area contributed by atoms with Gasteiger partial charge in [-0.15, -0.1) is 0 Å². The zero-order chi connectivity index (χ0) is 15.9. The van der Waals surface area contributed by atoms with Crippen molar-refractivity contribution in [2.24, 2.45) is 12.8 Å². The Morgan fingerprint density at radius 1 is 1.41 bits per heavy atom. The average molecular weight is 302 g/mol. The number of fused-ring (bicyclic) bond motifs is 1. The molecule has 0 aliphatic rings. The Kier molecular flexibility index (Phi) is 3.29. The standard InChI is InChI=1S/C16H15FN4O.2H2/c1-9-3-4-12(11(17)7-9)20-14-10-8-19-6-5-13(10)21(2)15(14)16(18)22;;/h3-8,20H,1-2H3,(H2,18,22);2*1H. The van der Waals surface area contributed by atoms with Crippen LogP contribution in [-0.4, -0.2) is 15.5 Å². The Labute approximate surface area is 129 Å². The molecule has 5 nitrogen and oxygen atoms in total. The van der Waals surface area contributed by atoms with E-state index >= 15 is 0 Å². The van der Waals surface area contributed by atoms with Crippen LogP contribution in [0.4, 0.5) is 15.8 Å². The minimum atomic E-state index is -0.589. The lowest BCUT2D eigenvalue weighted by atomic mass is 10.2. The number of hydrogen-bond acceptors (Lipinski definition) is 3. The summed E-state index contributed by atoms with van der Waals surface area (Å²) < 4.78 is 15.7. The third-order valence-electron chi connectivity index (χ3n) is 3.62. The second-order valence-electron chi connectivity index (χ2n) is 5.15. The van der Waals surface area contributed by atoms with Crippen LogP contribution in [0.3, 0.4) is 0 Å². The molecular formula is C16H19FN4O. The normalized spacial score (nSPS) is 10.9. The molecule has 0 atom stereocenters. The zero-order valence-corrected chi connectivity index (χ0v) is 12.2. The number of aromatic nitrogens is 2. The summed E-state index contributed by atoms with van der Waals surface area (Å²) >= 11 is 0. The Morgan fingerprint density at radius 3 is 2.86 bits per heavy atom. The van der Waals surface area contributed by atoms with Crippen LogP contribution in [0.15, 0.2) is 36.7 Å². The molecule has 2 heterocycles. The van der Waals surface area contributed by atoms with Crippen molar-refractivity contribution in [3.63, 3.8) is 0 Å². The zero-order valence-electron chi connectivity index (χ0n) is 12.2. The number of benzene rings is 1. The summed E-state index contributed by atoms with van der Waals surface area (Å²) in [7, 11) is 1.74. The molecule has 3 rings (SSSR count). The SMILES string of the molecule is Cc1ccc(Nc2c(C(N)=O)n(C)c3ccncc23)c(F)c1.[HH].[HH]. The largest absolute Gasteiger partial charge is 0.364 e. The summed E-state index contributed by atoms with van der Waals surface area (Å²) in [6.07, 6.45) is 3.25. The maximum atomic E-state index is 14.1. The molecule has 0 spiro atoms. The highest BCUT2D eigenvalue weighted by atomic mass is 19.1. The highest BCUT2D eigenvalue weighted by Crippen LogP contribution is 2.32. The Morgan fingerprint density at radius 2 is 2.18 bits per heavy atom. The number of hydrogen-bond donors (Lipinski definition) is 2. The predicted molar refractivity (Wildman–Crippen MR) is 87.9 cm³/mol. The fourth-order valence-electron chi connectivity index (χ4n) is 2.56. The first-order chi connectivity index (χ1) is 10.5. The molecule has 0 aliphatic heterocycles. The summed E-state index contributed by atoms with van der Waals surface area (Å²) in [5.41, 5.74) is 8.11. The second-order valence-corrected chi connectivity index (χ2v) is 5.15. The second kappa shape index (κ2) is 5.14. The molecule has 6 heteroatoms. The molecule has 0 saturated heterocycles. The van der Waals surface area contributed by atoms with Crippen molar-refractivity contribution in [2.75, 3.05) is 5.32 Å². The lowest BCUT2D eigenvalue weighted by molar-refractivity contribution is 0.0994. The number of carbonyl (C=O) groups is 1. The fraction of sp³-hybridized carbons (Fsp3) is 0.125. The maximum absolute atomic E-state index is 14.1. The maximum Gasteiger partial charge on any atom is 0.267 e. The lowest BCUT2D eigenvalue weighted by Gasteiger charge is -2.09. The smallest absolute Gasteiger partial charge is 0.267 e. The highest BCUT2D eigenvalue weighted by Gasteiger charge is 2.20. The minimum absolute atomic E-state index is 0. The number of amides is 1. The van der Waals surface area contributed by atoms with Crippen LogP contribution >= 0.6 is 0 Å². The minimum Gasteiger partial charge on any atom is -0.364 e. The van der Waals surface area contributed by atoms with Crippen molar-refractivity contribution in [3.05, 3.63) is 53.7 Å². The van der Waals surface area contributed by atoms with Crippen molar-refractivity contribution in [3.8, 4) is 0 Å². The van der Waals surface area contributed by atoms with Gasteiger partial charge in [-0.3, -0.25) is 9.78 Å². The third kappa shape index (κ3) is 2.18. The molecule has 2 aromatic heterocycles. The van der Waals surface area contributed by atoms with E-state index in [1.54, 1.807) is 42.2 Å². The number of nitrogens with two attached hydrogens (primary N) is 1. The van der Waals surface area contributed by atoms with E-state index < -0.39 is 11.7 Å². The molecule has 1 amide bonds. The number of pyridine rings is 1. The van der Waals surface area contributed by atoms with Gasteiger partial charge in [-0.25, -0.2) is 4.39 Å². The Hall–Kier alpha value is -2.89. The van der Waals surface area contributed by atoms with Crippen LogP contribution in [0.2, 0.25) is 0 Å². The van der Waals surface area contributed by atoms with Gasteiger partial charge in [-0.2, -0.15) is 0 Å². The number of carbonyl (C=O) groups excluding carboxylic acids is 1. The van der Waals surface area contributed by atoms with Gasteiger partial charge in [0, 0.05) is 27.7 Å². The van der Waals surface area contributed by atoms with Gasteiger partial charge in [0.15, 0.2) is 0 Å². The number of aryl methyl sites for hydroxylation is 2. The van der Waals surface area contributed by atoms with E-state index in [1.165, 1.54) is 6.07 Å². The van der Waals surface area contributed by atoms with Gasteiger partial charge in [0.05, 0.1) is 16.9 Å². The van der Waals surface area contributed by atoms with Crippen LogP contribution in [-0.2, 0) is 7.05 Å². The van der Waals surface area contributed by atoms with Crippen LogP contribution in [0.25, 0.3) is 10.9 Å². The number of primary amides is 1. The van der Waals surface area contributed by atoms with E-state index in [1.807, 2.05) is 6.92 Å². The van der Waals surface area contributed by atoms with E-state index in [0.29, 0.717) is 11.1 Å². The van der Waals surface area contributed by atoms with Crippen LogP contribution in [0.1, 0.15) is 18.9 Å². The van der Waals surface area contributed by atoms with Crippen molar-refractivity contribution < 1.29 is 12.0 Å². The molecule has 0 radical (unpaired) electrons. The Balaban J connectivity index is 0.00000144. The number of nitrogens with zero attached hydrogens (tertiary/aromatic N) is 2. The first-order valence-electron chi connectivity index (χ1n) is 6.74. The van der Waals surface area contributed by atoms with Crippen molar-refractivity contribution in [1.82, 2.24) is 9.55 Å². The monoisotopic (exact) mass is 302 g/mol. The van der Waals surface area contributed by atoms with E-state index in [9.17, 15) is 9.18 Å². The van der Waals surface area contributed by atoms with Gasteiger partial charge >= 0.3 is 0 Å². The average Bonchev–Trinajstić information content (AvgIpc) is 2.75. The van der Waals surface area contributed by atoms with Crippen LogP contribution in [0, 0.1) is 12.7 Å². The molecule has 0 saturated carbocycles. The summed E-state index contributed by atoms with van der Waals surface area (Å²) in [4.78, 5) is 15.9. The van der Waals surface area contributed by atoms with Gasteiger partial charge in [-0.05, 0) is 30.7 Å². The van der Waals surface area contributed by atoms with E-state index in [-0.39, 0.29) is 14.2 Å². The summed E-state index contributed by atoms with van der Waals surface area (Å²) in [5.74, 6) is -0.981. The number of anilines is 2. The molecule has 3 aromatic rings. The number of halogens is 1. The van der Waals surface area contributed by atoms with Crippen LogP contribution in [0.5, 0.6) is 0 Å². The number of nitrogens with one attached hydrogen (secondary N) is 1. The lowest BCUT2D eigenvalue weighted by Crippen LogP contribution is -2.17. The van der Waals surface area contributed by atoms with Crippen molar-refractivity contribution in [2.45, 2.75) is 6.92 Å². The van der Waals surface area contributed by atoms with Gasteiger partial charge in [0.1, 0.15) is 11.5 Å². The molecule has 0 fully saturated rings. The molecule has 3 N–H and O–H groups in total. The summed E-state index contributed by atoms with van der Waals surface area (Å²) in [5, 5.41) is 3.68. The molecule has 0 aliphatic carbocycles. The predicted octanol–water partition coefficient (Wildman–Crippen LogP) is 3.36. The van der Waals surface area contributed by atoms with E-state index in [2.05, 4.69) is 10.3 Å². The molecule has 1 aromatic carbocycles. The van der Waals surface area contributed by atoms with E-state index in [4.69, 9.17) is 5.73 Å². The van der Waals surface area contributed by atoms with Crippen molar-refractivity contribution >= 4 is 28.2 Å². The van der Waals surface area contributed by atoms with Gasteiger partial charge in [0.25, 0.3) is 5.91 Å². The topological polar surface area (TPSA) is 72.9 Å². The summed E-state index contributed by atoms with van der Waals surface area (Å²) in [6, 6.07) is 6.62. The Bertz CT molecular complexity index is 895. The van der Waals surface area contributed by atoms with Gasteiger partial charge < -0.3 is 15.6 Å². The first-order valence-corrected chi connectivity index (χ1v) is 6.74. The molecule has 116 valence electrons. The summed E-state index contributed by atoms with van der Waals surface area (Å²) in [6.45, 7) is 1.81. The first kappa shape index (κ1) is 14.1. The van der Waals surface area contributed by atoms with Crippen LogP contribution < -0.4 is 11.1 Å². The quantitative estimate of drug-likeness (QED) is 0.779. The molecule has 0 unspecified atom stereocenters. The van der Waals surface area contributed by atoms with E-state index in [0.717, 1.165) is 11.1 Å². The molecule has 22 heavy (non-hydrogen) atoms.